The van der Waals surface area contributed by atoms with Gasteiger partial charge in [-0.05, 0) is 42.8 Å². The lowest BCUT2D eigenvalue weighted by atomic mass is 10.1. The number of pyridine rings is 1. The van der Waals surface area contributed by atoms with Crippen LogP contribution in [0.25, 0.3) is 0 Å². The molecule has 0 bridgehead atoms. The second-order valence-electron chi connectivity index (χ2n) is 6.49. The summed E-state index contributed by atoms with van der Waals surface area (Å²) in [6, 6.07) is 8.80. The van der Waals surface area contributed by atoms with Gasteiger partial charge in [-0.3, -0.25) is 0 Å². The minimum Gasteiger partial charge on any atom is -0.349 e. The van der Waals surface area contributed by atoms with E-state index in [4.69, 9.17) is 11.6 Å². The van der Waals surface area contributed by atoms with E-state index in [-0.39, 0.29) is 4.90 Å². The average Bonchev–Trinajstić information content (AvgIpc) is 2.73. The fourth-order valence-electron chi connectivity index (χ4n) is 3.19. The van der Waals surface area contributed by atoms with Crippen LogP contribution in [0.15, 0.2) is 53.8 Å². The fourth-order valence-corrected chi connectivity index (χ4v) is 4.08. The smallest absolute Gasteiger partial charge is 0.349 e. The van der Waals surface area contributed by atoms with Crippen LogP contribution in [0.3, 0.4) is 0 Å². The van der Waals surface area contributed by atoms with E-state index in [0.29, 0.717) is 41.9 Å². The highest BCUT2D eigenvalue weighted by atomic mass is 35.5. The van der Waals surface area contributed by atoms with Crippen LogP contribution in [0.2, 0.25) is 5.02 Å². The molecule has 1 aliphatic rings. The third-order valence-corrected chi connectivity index (χ3v) is 6.00. The third-order valence-electron chi connectivity index (χ3n) is 4.59. The van der Waals surface area contributed by atoms with Gasteiger partial charge in [0, 0.05) is 28.9 Å². The Hall–Kier alpha value is -2.72. The first kappa shape index (κ1) is 20.5. The standard InChI is InChI=1S/C19H15ClF3N5OS/c20-15-2-1-8-24-18(15)28-9-7-14-16(10-28)25-11-26-17(14)27-12-3-5-13(6-4-12)30(29)19(21,22)23/h1-6,8,11H,7,9-10H2,(H,25,26,27). The molecule has 3 heterocycles. The molecule has 0 spiro atoms. The minimum absolute atomic E-state index is 0.305. The lowest BCUT2D eigenvalue weighted by Gasteiger charge is -2.30. The van der Waals surface area contributed by atoms with Gasteiger partial charge in [0.25, 0.3) is 0 Å². The summed E-state index contributed by atoms with van der Waals surface area (Å²) in [5, 5.41) is 3.67. The lowest BCUT2D eigenvalue weighted by molar-refractivity contribution is -0.0384. The first-order valence-corrected chi connectivity index (χ1v) is 10.4. The van der Waals surface area contributed by atoms with Crippen molar-refractivity contribution in [3.63, 3.8) is 0 Å². The summed E-state index contributed by atoms with van der Waals surface area (Å²) in [5.74, 6) is 1.27. The average molecular weight is 454 g/mol. The van der Waals surface area contributed by atoms with Gasteiger partial charge in [-0.2, -0.15) is 13.2 Å². The summed E-state index contributed by atoms with van der Waals surface area (Å²) in [4.78, 5) is 14.7. The Labute approximate surface area is 177 Å². The number of halogens is 4. The van der Waals surface area contributed by atoms with Crippen LogP contribution in [0, 0.1) is 0 Å². The fraction of sp³-hybridized carbons (Fsp3) is 0.211. The molecule has 156 valence electrons. The quantitative estimate of drug-likeness (QED) is 0.629. The molecule has 1 atom stereocenters. The predicted molar refractivity (Wildman–Crippen MR) is 108 cm³/mol. The van der Waals surface area contributed by atoms with E-state index in [2.05, 4.69) is 20.3 Å². The molecule has 1 aromatic carbocycles. The maximum absolute atomic E-state index is 12.6. The topological polar surface area (TPSA) is 71.0 Å². The van der Waals surface area contributed by atoms with Crippen molar-refractivity contribution in [2.45, 2.75) is 23.4 Å². The van der Waals surface area contributed by atoms with Gasteiger partial charge < -0.3 is 10.2 Å². The molecule has 0 radical (unpaired) electrons. The zero-order valence-electron chi connectivity index (χ0n) is 15.4. The number of anilines is 3. The number of hydrogen-bond donors (Lipinski definition) is 1. The number of rotatable bonds is 4. The van der Waals surface area contributed by atoms with E-state index in [9.17, 15) is 17.4 Å². The molecule has 1 unspecified atom stereocenters. The van der Waals surface area contributed by atoms with Crippen LogP contribution >= 0.6 is 11.6 Å². The zero-order chi connectivity index (χ0) is 21.3. The lowest BCUT2D eigenvalue weighted by Crippen LogP contribution is -2.32. The van der Waals surface area contributed by atoms with Crippen molar-refractivity contribution in [1.82, 2.24) is 15.0 Å². The Balaban J connectivity index is 1.53. The molecule has 11 heteroatoms. The van der Waals surface area contributed by atoms with Gasteiger partial charge in [-0.1, -0.05) is 11.6 Å². The first-order chi connectivity index (χ1) is 14.3. The third kappa shape index (κ3) is 4.24. The van der Waals surface area contributed by atoms with Crippen LogP contribution in [-0.2, 0) is 23.8 Å². The Bertz CT molecular complexity index is 1090. The Morgan fingerprint density at radius 1 is 1.10 bits per heavy atom. The normalized spacial score (nSPS) is 14.9. The molecular weight excluding hydrogens is 439 g/mol. The van der Waals surface area contributed by atoms with Crippen molar-refractivity contribution in [1.29, 1.82) is 0 Å². The summed E-state index contributed by atoms with van der Waals surface area (Å²) in [6.07, 6.45) is 3.75. The van der Waals surface area contributed by atoms with E-state index >= 15 is 0 Å². The van der Waals surface area contributed by atoms with Gasteiger partial charge in [0.15, 0.2) is 10.8 Å². The van der Waals surface area contributed by atoms with Gasteiger partial charge in [0.05, 0.1) is 17.3 Å². The van der Waals surface area contributed by atoms with Crippen molar-refractivity contribution in [3.05, 3.63) is 65.2 Å². The van der Waals surface area contributed by atoms with Crippen molar-refractivity contribution < 1.29 is 17.4 Å². The molecule has 4 rings (SSSR count). The molecule has 2 aromatic heterocycles. The number of hydrogen-bond acceptors (Lipinski definition) is 6. The number of nitrogens with zero attached hydrogens (tertiary/aromatic N) is 4. The van der Waals surface area contributed by atoms with E-state index in [1.807, 2.05) is 4.90 Å². The summed E-state index contributed by atoms with van der Waals surface area (Å²) in [5.41, 5.74) is -2.52. The van der Waals surface area contributed by atoms with E-state index in [1.165, 1.54) is 30.6 Å². The number of nitrogens with one attached hydrogen (secondary N) is 1. The minimum atomic E-state index is -4.79. The number of aromatic nitrogens is 3. The Morgan fingerprint density at radius 3 is 2.57 bits per heavy atom. The Kier molecular flexibility index (Phi) is 5.61. The molecule has 3 aromatic rings. The van der Waals surface area contributed by atoms with Crippen molar-refractivity contribution in [3.8, 4) is 0 Å². The van der Waals surface area contributed by atoms with E-state index in [0.717, 1.165) is 11.3 Å². The van der Waals surface area contributed by atoms with Gasteiger partial charge in [0.2, 0.25) is 0 Å². The molecule has 0 aliphatic carbocycles. The molecule has 0 fully saturated rings. The van der Waals surface area contributed by atoms with Crippen molar-refractivity contribution >= 4 is 39.7 Å². The second kappa shape index (κ2) is 8.19. The number of benzene rings is 1. The van der Waals surface area contributed by atoms with Gasteiger partial charge >= 0.3 is 5.51 Å². The van der Waals surface area contributed by atoms with E-state index < -0.39 is 16.3 Å². The van der Waals surface area contributed by atoms with Crippen molar-refractivity contribution in [2.24, 2.45) is 0 Å². The largest absolute Gasteiger partial charge is 0.475 e. The summed E-state index contributed by atoms with van der Waals surface area (Å²) in [6.45, 7) is 1.17. The number of alkyl halides is 3. The highest BCUT2D eigenvalue weighted by Gasteiger charge is 2.37. The molecule has 0 saturated heterocycles. The predicted octanol–water partition coefficient (Wildman–Crippen LogP) is 4.46. The SMILES string of the molecule is O=S(c1ccc(Nc2ncnc3c2CCN(c2ncccc2Cl)C3)cc1)C(F)(F)F. The van der Waals surface area contributed by atoms with Gasteiger partial charge in [-0.25, -0.2) is 19.2 Å². The van der Waals surface area contributed by atoms with Crippen LogP contribution < -0.4 is 10.2 Å². The molecular formula is C19H15ClF3N5OS. The highest BCUT2D eigenvalue weighted by molar-refractivity contribution is 7.86. The molecule has 1 N–H and O–H groups in total. The van der Waals surface area contributed by atoms with Crippen LogP contribution in [0.1, 0.15) is 11.3 Å². The molecule has 0 amide bonds. The Morgan fingerprint density at radius 2 is 1.87 bits per heavy atom. The summed E-state index contributed by atoms with van der Waals surface area (Å²) in [7, 11) is -3.06. The van der Waals surface area contributed by atoms with Gasteiger partial charge in [-0.15, -0.1) is 0 Å². The molecule has 0 saturated carbocycles. The van der Waals surface area contributed by atoms with Gasteiger partial charge in [0.1, 0.15) is 18.0 Å². The van der Waals surface area contributed by atoms with Crippen LogP contribution in [0.4, 0.5) is 30.5 Å². The maximum Gasteiger partial charge on any atom is 0.475 e. The van der Waals surface area contributed by atoms with Crippen LogP contribution in [-0.4, -0.2) is 31.2 Å². The zero-order valence-corrected chi connectivity index (χ0v) is 16.9. The summed E-state index contributed by atoms with van der Waals surface area (Å²) >= 11 is 6.25. The van der Waals surface area contributed by atoms with Crippen molar-refractivity contribution in [2.75, 3.05) is 16.8 Å². The van der Waals surface area contributed by atoms with E-state index in [1.54, 1.807) is 18.3 Å². The maximum atomic E-state index is 12.6. The molecule has 30 heavy (non-hydrogen) atoms. The van der Waals surface area contributed by atoms with Crippen LogP contribution in [0.5, 0.6) is 0 Å². The molecule has 6 nitrogen and oxygen atoms in total. The molecule has 1 aliphatic heterocycles. The highest BCUT2D eigenvalue weighted by Crippen LogP contribution is 2.31. The first-order valence-electron chi connectivity index (χ1n) is 8.87. The second-order valence-corrected chi connectivity index (χ2v) is 8.37. The number of fused-ring (bicyclic) bond motifs is 1. The summed E-state index contributed by atoms with van der Waals surface area (Å²) < 4.78 is 49.2. The monoisotopic (exact) mass is 453 g/mol.